The summed E-state index contributed by atoms with van der Waals surface area (Å²) in [4.78, 5) is 17.8. The lowest BCUT2D eigenvalue weighted by atomic mass is 10.0. The van der Waals surface area contributed by atoms with Gasteiger partial charge in [0.15, 0.2) is 0 Å². The second kappa shape index (κ2) is 18.8. The summed E-state index contributed by atoms with van der Waals surface area (Å²) in [5, 5.41) is 23.1. The number of amides is 1. The van der Waals surface area contributed by atoms with Crippen LogP contribution < -0.4 is 4.72 Å². The second-order valence-electron chi connectivity index (χ2n) is 8.82. The van der Waals surface area contributed by atoms with E-state index >= 15 is 0 Å². The van der Waals surface area contributed by atoms with Gasteiger partial charge in [-0.15, -0.1) is 0 Å². The molecule has 0 spiro atoms. The van der Waals surface area contributed by atoms with Crippen molar-refractivity contribution in [2.24, 2.45) is 0 Å². The lowest BCUT2D eigenvalue weighted by Crippen LogP contribution is -2.29. The number of carbonyl (C=O) groups is 1. The summed E-state index contributed by atoms with van der Waals surface area (Å²) in [5.41, 5.74) is 2.27. The van der Waals surface area contributed by atoms with Gasteiger partial charge in [-0.1, -0.05) is 86.3 Å². The van der Waals surface area contributed by atoms with Gasteiger partial charge >= 0.3 is 0 Å². The third kappa shape index (κ3) is 12.3. The molecule has 206 valence electrons. The highest BCUT2D eigenvalue weighted by atomic mass is 32.2. The van der Waals surface area contributed by atoms with Crippen LogP contribution in [-0.4, -0.2) is 51.9 Å². The van der Waals surface area contributed by atoms with Crippen LogP contribution in [0.3, 0.4) is 0 Å². The minimum Gasteiger partial charge on any atom is -0.507 e. The molecule has 0 fully saturated rings. The fourth-order valence-corrected chi connectivity index (χ4v) is 4.06. The number of hydrogen-bond acceptors (Lipinski definition) is 8. The molecule has 1 aromatic rings. The molecule has 0 saturated heterocycles. The van der Waals surface area contributed by atoms with Gasteiger partial charge in [-0.05, 0) is 38.7 Å². The number of allylic oxidation sites excluding steroid dienone is 9. The molecule has 0 saturated carbocycles. The minimum absolute atomic E-state index is 0.0823. The molecule has 1 aliphatic rings. The van der Waals surface area contributed by atoms with Crippen molar-refractivity contribution in [1.29, 1.82) is 5.26 Å². The van der Waals surface area contributed by atoms with Gasteiger partial charge in [0.25, 0.3) is 5.89 Å². The molecule has 8 nitrogen and oxygen atoms in total. The van der Waals surface area contributed by atoms with Gasteiger partial charge < -0.3 is 14.5 Å². The van der Waals surface area contributed by atoms with Crippen molar-refractivity contribution in [2.75, 3.05) is 19.8 Å². The summed E-state index contributed by atoms with van der Waals surface area (Å²) in [5.74, 6) is 1.15. The smallest absolute Gasteiger partial charge is 0.250 e. The van der Waals surface area contributed by atoms with E-state index in [2.05, 4.69) is 47.8 Å². The van der Waals surface area contributed by atoms with Gasteiger partial charge in [-0.25, -0.2) is 0 Å². The molecule has 9 heteroatoms. The van der Waals surface area contributed by atoms with E-state index in [0.29, 0.717) is 23.9 Å². The topological polar surface area (TPSA) is 115 Å². The number of aromatic nitrogens is 2. The normalized spacial score (nSPS) is 20.3. The highest BCUT2D eigenvalue weighted by Crippen LogP contribution is 2.20. The van der Waals surface area contributed by atoms with E-state index in [1.807, 2.05) is 25.1 Å². The molecule has 38 heavy (non-hydrogen) atoms. The van der Waals surface area contributed by atoms with E-state index in [1.54, 1.807) is 37.2 Å². The Bertz CT molecular complexity index is 1100. The molecule has 0 radical (unpaired) electrons. The molecule has 1 aliphatic carbocycles. The third-order valence-corrected chi connectivity index (χ3v) is 6.01. The maximum atomic E-state index is 11.8. The lowest BCUT2D eigenvalue weighted by Gasteiger charge is -2.19. The Hall–Kier alpha value is -3.35. The van der Waals surface area contributed by atoms with E-state index in [9.17, 15) is 9.90 Å². The first-order valence-corrected chi connectivity index (χ1v) is 13.9. The van der Waals surface area contributed by atoms with Gasteiger partial charge in [-0.3, -0.25) is 9.52 Å². The fourth-order valence-electron chi connectivity index (χ4n) is 3.09. The highest BCUT2D eigenvalue weighted by molar-refractivity contribution is 7.98. The van der Waals surface area contributed by atoms with Crippen LogP contribution in [0.4, 0.5) is 0 Å². The molecule has 1 heterocycles. The molecule has 2 rings (SSSR count). The quantitative estimate of drug-likeness (QED) is 0.157. The van der Waals surface area contributed by atoms with Crippen LogP contribution in [0.2, 0.25) is 0 Å². The second-order valence-corrected chi connectivity index (χ2v) is 9.63. The van der Waals surface area contributed by atoms with E-state index in [1.165, 1.54) is 30.0 Å². The highest BCUT2D eigenvalue weighted by Gasteiger charge is 2.13. The van der Waals surface area contributed by atoms with Crippen molar-refractivity contribution in [3.05, 3.63) is 71.2 Å². The zero-order valence-electron chi connectivity index (χ0n) is 23.4. The van der Waals surface area contributed by atoms with Gasteiger partial charge in [0.1, 0.15) is 11.8 Å². The summed E-state index contributed by atoms with van der Waals surface area (Å²) >= 11 is 1.44. The van der Waals surface area contributed by atoms with E-state index in [4.69, 9.17) is 9.78 Å². The van der Waals surface area contributed by atoms with Gasteiger partial charge in [-0.2, -0.15) is 10.2 Å². The minimum atomic E-state index is -0.110. The molecular formula is C29H41N5O3S. The van der Waals surface area contributed by atoms with Gasteiger partial charge in [0.05, 0.1) is 11.3 Å². The SMILES string of the molecule is CCC.CC\C=C(C#N)/C(O)=C\C=C\c1nc(C2=C\CCC[C@H](NSCC(=O)N(C)C)/C(C)=C/C=C\2)no1. The first-order chi connectivity index (χ1) is 18.3. The summed E-state index contributed by atoms with van der Waals surface area (Å²) < 4.78 is 8.73. The maximum absolute atomic E-state index is 11.8. The van der Waals surface area contributed by atoms with Crippen LogP contribution >= 0.6 is 11.9 Å². The number of nitrogens with zero attached hydrogens (tertiary/aromatic N) is 4. The summed E-state index contributed by atoms with van der Waals surface area (Å²) in [7, 11) is 3.52. The number of nitrogens with one attached hydrogen (secondary N) is 1. The number of aliphatic hydroxyl groups excluding tert-OH is 1. The van der Waals surface area contributed by atoms with Crippen LogP contribution in [-0.2, 0) is 4.79 Å². The number of aliphatic hydroxyl groups is 1. The average molecular weight is 540 g/mol. The Morgan fingerprint density at radius 1 is 1.37 bits per heavy atom. The van der Waals surface area contributed by atoms with E-state index in [-0.39, 0.29) is 23.3 Å². The molecule has 0 aromatic carbocycles. The molecule has 1 atom stereocenters. The molecule has 1 aromatic heterocycles. The Morgan fingerprint density at radius 3 is 2.76 bits per heavy atom. The van der Waals surface area contributed by atoms with Crippen LogP contribution in [0.25, 0.3) is 11.6 Å². The van der Waals surface area contributed by atoms with Crippen molar-refractivity contribution in [3.63, 3.8) is 0 Å². The average Bonchev–Trinajstić information content (AvgIpc) is 3.36. The van der Waals surface area contributed by atoms with Crippen molar-refractivity contribution in [2.45, 2.75) is 65.8 Å². The molecule has 0 bridgehead atoms. The molecular weight excluding hydrogens is 498 g/mol. The Kier molecular flexibility index (Phi) is 16.2. The Balaban J connectivity index is 0.00000229. The zero-order chi connectivity index (χ0) is 28.3. The summed E-state index contributed by atoms with van der Waals surface area (Å²) in [6.07, 6.45) is 18.9. The van der Waals surface area contributed by atoms with E-state index < -0.39 is 0 Å². The Morgan fingerprint density at radius 2 is 2.11 bits per heavy atom. The third-order valence-electron chi connectivity index (χ3n) is 5.16. The van der Waals surface area contributed by atoms with Crippen molar-refractivity contribution in [3.8, 4) is 6.07 Å². The molecule has 1 amide bonds. The molecule has 0 aliphatic heterocycles. The predicted octanol–water partition coefficient (Wildman–Crippen LogP) is 6.57. The number of hydrogen-bond donors (Lipinski definition) is 2. The first-order valence-electron chi connectivity index (χ1n) is 12.9. The number of rotatable bonds is 9. The van der Waals surface area contributed by atoms with Gasteiger partial charge in [0.2, 0.25) is 11.7 Å². The standard InChI is InChI=1S/C26H33N5O3S.C3H8/c1-5-10-21(17-27)23(32)15-9-16-24-28-26(29-34-24)20-12-6-7-14-22(19(2)11-8-13-20)30-35-18-25(33)31(3)4;1-3-2/h8-13,15-16,22,30,32H,5-7,14,18H2,1-4H3;3H2,1-2H3/b13-8-,16-9+,19-11+,20-12-,21-10-,23-15+;/t22-;/m0./s1. The maximum Gasteiger partial charge on any atom is 0.250 e. The summed E-state index contributed by atoms with van der Waals surface area (Å²) in [6, 6.07) is 2.15. The molecule has 2 N–H and O–H groups in total. The van der Waals surface area contributed by atoms with Crippen LogP contribution in [0.15, 0.2) is 64.0 Å². The predicted molar refractivity (Wildman–Crippen MR) is 157 cm³/mol. The van der Waals surface area contributed by atoms with Crippen molar-refractivity contribution < 1.29 is 14.4 Å². The summed E-state index contributed by atoms with van der Waals surface area (Å²) in [6.45, 7) is 8.22. The van der Waals surface area contributed by atoms with E-state index in [0.717, 1.165) is 24.8 Å². The van der Waals surface area contributed by atoms with Crippen molar-refractivity contribution >= 4 is 29.5 Å². The lowest BCUT2D eigenvalue weighted by molar-refractivity contribution is -0.125. The number of nitriles is 1. The first kappa shape index (κ1) is 32.7. The fraction of sp³-hybridized carbons (Fsp3) is 0.448. The van der Waals surface area contributed by atoms with Crippen LogP contribution in [0.5, 0.6) is 0 Å². The van der Waals surface area contributed by atoms with Crippen LogP contribution in [0.1, 0.15) is 71.5 Å². The Labute approximate surface area is 231 Å². The molecule has 0 unspecified atom stereocenters. The van der Waals surface area contributed by atoms with Crippen LogP contribution in [0, 0.1) is 11.3 Å². The largest absolute Gasteiger partial charge is 0.507 e. The number of carbonyl (C=O) groups excluding carboxylic acids is 1. The van der Waals surface area contributed by atoms with Gasteiger partial charge in [0, 0.05) is 31.8 Å². The monoisotopic (exact) mass is 539 g/mol. The van der Waals surface area contributed by atoms with Crippen molar-refractivity contribution in [1.82, 2.24) is 19.8 Å². The zero-order valence-corrected chi connectivity index (χ0v) is 24.2.